The Labute approximate surface area is 77.4 Å². The van der Waals surface area contributed by atoms with Gasteiger partial charge in [0.25, 0.3) is 0 Å². The van der Waals surface area contributed by atoms with Crippen LogP contribution in [0.4, 0.5) is 14.5 Å². The minimum absolute atomic E-state index is 0.227. The van der Waals surface area contributed by atoms with Crippen LogP contribution in [0.15, 0.2) is 17.2 Å². The molecule has 0 aromatic heterocycles. The number of rotatable bonds is 2. The molecule has 0 spiro atoms. The first-order valence-corrected chi connectivity index (χ1v) is 3.46. The highest BCUT2D eigenvalue weighted by Crippen LogP contribution is 2.14. The van der Waals surface area contributed by atoms with Gasteiger partial charge in [-0.05, 0) is 17.7 Å². The smallest absolute Gasteiger partial charge is 0.423 e. The first-order valence-electron chi connectivity index (χ1n) is 3.46. The van der Waals surface area contributed by atoms with Crippen LogP contribution in [0.25, 0.3) is 10.4 Å². The van der Waals surface area contributed by atoms with Crippen LogP contribution < -0.4 is 5.46 Å². The molecular formula is C6H4BF2N3O2. The summed E-state index contributed by atoms with van der Waals surface area (Å²) in [6.07, 6.45) is 0. The second-order valence-electron chi connectivity index (χ2n) is 2.39. The van der Waals surface area contributed by atoms with Crippen molar-refractivity contribution in [2.75, 3.05) is 0 Å². The van der Waals surface area contributed by atoms with Crippen LogP contribution in [0.2, 0.25) is 0 Å². The first-order chi connectivity index (χ1) is 6.56. The van der Waals surface area contributed by atoms with Gasteiger partial charge >= 0.3 is 7.12 Å². The average Bonchev–Trinajstić information content (AvgIpc) is 2.11. The van der Waals surface area contributed by atoms with Crippen molar-refractivity contribution in [3.63, 3.8) is 0 Å². The summed E-state index contributed by atoms with van der Waals surface area (Å²) in [6.45, 7) is 0. The zero-order valence-corrected chi connectivity index (χ0v) is 6.72. The third-order valence-electron chi connectivity index (χ3n) is 1.48. The standard InChI is InChI=1S/C6H4BF2N3O2/c8-5-2-3(11-12-10)1-4(6(5)9)7(13)14/h1-2,13-14H. The average molecular weight is 199 g/mol. The summed E-state index contributed by atoms with van der Waals surface area (Å²) >= 11 is 0. The summed E-state index contributed by atoms with van der Waals surface area (Å²) < 4.78 is 25.6. The Hall–Kier alpha value is -1.63. The van der Waals surface area contributed by atoms with Gasteiger partial charge in [-0.2, -0.15) is 0 Å². The molecule has 0 fully saturated rings. The molecule has 0 saturated carbocycles. The number of halogens is 2. The van der Waals surface area contributed by atoms with Gasteiger partial charge in [0.15, 0.2) is 11.6 Å². The van der Waals surface area contributed by atoms with E-state index in [4.69, 9.17) is 15.6 Å². The molecule has 0 unspecified atom stereocenters. The van der Waals surface area contributed by atoms with Crippen molar-refractivity contribution >= 4 is 18.3 Å². The van der Waals surface area contributed by atoms with Crippen LogP contribution >= 0.6 is 0 Å². The molecule has 0 aliphatic carbocycles. The first kappa shape index (κ1) is 10.5. The molecule has 1 rings (SSSR count). The van der Waals surface area contributed by atoms with E-state index in [1.807, 2.05) is 0 Å². The van der Waals surface area contributed by atoms with Crippen LogP contribution in [0, 0.1) is 11.6 Å². The number of hydrogen-bond acceptors (Lipinski definition) is 3. The molecular weight excluding hydrogens is 195 g/mol. The van der Waals surface area contributed by atoms with Crippen molar-refractivity contribution in [2.45, 2.75) is 0 Å². The molecule has 0 atom stereocenters. The maximum atomic E-state index is 12.8. The Morgan fingerprint density at radius 2 is 2.00 bits per heavy atom. The van der Waals surface area contributed by atoms with Gasteiger partial charge in [0, 0.05) is 16.1 Å². The lowest BCUT2D eigenvalue weighted by atomic mass is 9.79. The van der Waals surface area contributed by atoms with Crippen LogP contribution in [0.5, 0.6) is 0 Å². The Morgan fingerprint density at radius 3 is 2.50 bits per heavy atom. The summed E-state index contributed by atoms with van der Waals surface area (Å²) in [5.74, 6) is -2.69. The van der Waals surface area contributed by atoms with Gasteiger partial charge in [-0.15, -0.1) is 0 Å². The quantitative estimate of drug-likeness (QED) is 0.315. The molecule has 8 heteroatoms. The predicted molar refractivity (Wildman–Crippen MR) is 45.0 cm³/mol. The molecule has 72 valence electrons. The Kier molecular flexibility index (Phi) is 3.03. The molecule has 0 heterocycles. The fraction of sp³-hybridized carbons (Fsp3) is 0. The van der Waals surface area contributed by atoms with Crippen molar-refractivity contribution in [3.8, 4) is 0 Å². The highest BCUT2D eigenvalue weighted by molar-refractivity contribution is 6.58. The van der Waals surface area contributed by atoms with Gasteiger partial charge in [-0.3, -0.25) is 0 Å². The van der Waals surface area contributed by atoms with Crippen LogP contribution in [-0.4, -0.2) is 17.2 Å². The topological polar surface area (TPSA) is 89.2 Å². The molecule has 0 amide bonds. The van der Waals surface area contributed by atoms with E-state index in [-0.39, 0.29) is 5.69 Å². The van der Waals surface area contributed by atoms with Crippen LogP contribution in [-0.2, 0) is 0 Å². The van der Waals surface area contributed by atoms with Crippen molar-refractivity contribution < 1.29 is 18.8 Å². The second-order valence-corrected chi connectivity index (χ2v) is 2.39. The zero-order chi connectivity index (χ0) is 10.7. The van der Waals surface area contributed by atoms with Gasteiger partial charge < -0.3 is 10.0 Å². The van der Waals surface area contributed by atoms with Crippen molar-refractivity contribution in [2.24, 2.45) is 5.11 Å². The highest BCUT2D eigenvalue weighted by Gasteiger charge is 2.20. The molecule has 1 aromatic carbocycles. The highest BCUT2D eigenvalue weighted by atomic mass is 19.2. The maximum Gasteiger partial charge on any atom is 0.491 e. The van der Waals surface area contributed by atoms with Crippen LogP contribution in [0.3, 0.4) is 0 Å². The molecule has 0 radical (unpaired) electrons. The monoisotopic (exact) mass is 199 g/mol. The van der Waals surface area contributed by atoms with Gasteiger partial charge in [-0.1, -0.05) is 5.11 Å². The molecule has 0 aliphatic heterocycles. The number of azide groups is 1. The van der Waals surface area contributed by atoms with Gasteiger partial charge in [-0.25, -0.2) is 8.78 Å². The largest absolute Gasteiger partial charge is 0.491 e. The van der Waals surface area contributed by atoms with E-state index in [2.05, 4.69) is 10.0 Å². The maximum absolute atomic E-state index is 12.8. The Morgan fingerprint density at radius 1 is 1.36 bits per heavy atom. The van der Waals surface area contributed by atoms with E-state index < -0.39 is 24.2 Å². The SMILES string of the molecule is [N-]=[N+]=Nc1cc(F)c(F)c(B(O)O)c1. The van der Waals surface area contributed by atoms with Crippen molar-refractivity contribution in [1.82, 2.24) is 0 Å². The van der Waals surface area contributed by atoms with E-state index in [1.54, 1.807) is 0 Å². The molecule has 5 nitrogen and oxygen atoms in total. The van der Waals surface area contributed by atoms with E-state index in [0.717, 1.165) is 6.07 Å². The molecule has 2 N–H and O–H groups in total. The summed E-state index contributed by atoms with van der Waals surface area (Å²) in [6, 6.07) is 1.50. The molecule has 14 heavy (non-hydrogen) atoms. The van der Waals surface area contributed by atoms with Crippen LogP contribution in [0.1, 0.15) is 0 Å². The van der Waals surface area contributed by atoms with Crippen molar-refractivity contribution in [3.05, 3.63) is 34.2 Å². The van der Waals surface area contributed by atoms with Crippen molar-refractivity contribution in [1.29, 1.82) is 0 Å². The zero-order valence-electron chi connectivity index (χ0n) is 6.72. The fourth-order valence-electron chi connectivity index (χ4n) is 0.893. The lowest BCUT2D eigenvalue weighted by Crippen LogP contribution is -2.33. The summed E-state index contributed by atoms with van der Waals surface area (Å²) in [7, 11) is -2.15. The predicted octanol–water partition coefficient (Wildman–Crippen LogP) is 0.586. The summed E-state index contributed by atoms with van der Waals surface area (Å²) in [4.78, 5) is 2.35. The van der Waals surface area contributed by atoms with Gasteiger partial charge in [0.05, 0.1) is 0 Å². The van der Waals surface area contributed by atoms with E-state index >= 15 is 0 Å². The summed E-state index contributed by atoms with van der Waals surface area (Å²) in [5.41, 5.74) is 7.13. The third-order valence-corrected chi connectivity index (χ3v) is 1.48. The number of benzene rings is 1. The van der Waals surface area contributed by atoms with E-state index in [9.17, 15) is 8.78 Å². The lowest BCUT2D eigenvalue weighted by molar-refractivity contribution is 0.420. The molecule has 0 bridgehead atoms. The third kappa shape index (κ3) is 2.00. The van der Waals surface area contributed by atoms with Gasteiger partial charge in [0.1, 0.15) is 0 Å². The molecule has 0 saturated heterocycles. The number of nitrogens with zero attached hydrogens (tertiary/aromatic N) is 3. The van der Waals surface area contributed by atoms with E-state index in [0.29, 0.717) is 6.07 Å². The minimum atomic E-state index is -2.15. The fourth-order valence-corrected chi connectivity index (χ4v) is 0.893. The molecule has 1 aromatic rings. The Bertz CT molecular complexity index is 406. The summed E-state index contributed by atoms with van der Waals surface area (Å²) in [5, 5.41) is 20.3. The van der Waals surface area contributed by atoms with Gasteiger partial charge in [0.2, 0.25) is 0 Å². The molecule has 0 aliphatic rings. The normalized spacial score (nSPS) is 9.43. The lowest BCUT2D eigenvalue weighted by Gasteiger charge is -2.03. The second kappa shape index (κ2) is 4.06. The van der Waals surface area contributed by atoms with E-state index in [1.165, 1.54) is 0 Å². The minimum Gasteiger partial charge on any atom is -0.423 e. The number of hydrogen-bond donors (Lipinski definition) is 2. The Balaban J connectivity index is 3.34.